The number of aromatic nitrogens is 3. The minimum Gasteiger partial charge on any atom is -0.389 e. The largest absolute Gasteiger partial charge is 0.389 e. The number of nitrogens with two attached hydrogens (primary N) is 1. The topological polar surface area (TPSA) is 65.8 Å². The minimum absolute atomic E-state index is 0.121. The van der Waals surface area contributed by atoms with Gasteiger partial charge in [0.05, 0.1) is 18.3 Å². The molecule has 2 N–H and O–H groups in total. The molecule has 0 saturated heterocycles. The summed E-state index contributed by atoms with van der Waals surface area (Å²) in [5.74, 6) is 0. The Morgan fingerprint density at radius 3 is 2.94 bits per heavy atom. The predicted octanol–water partition coefficient (Wildman–Crippen LogP) is 0.264. The molecule has 0 spiro atoms. The van der Waals surface area contributed by atoms with E-state index in [0.29, 0.717) is 12.1 Å². The molecule has 0 aromatic carbocycles. The summed E-state index contributed by atoms with van der Waals surface area (Å²) >= 11 is 4.83. The van der Waals surface area contributed by atoms with E-state index in [0.717, 1.165) is 5.56 Å². The minimum atomic E-state index is -0.177. The molecule has 88 valence electrons. The maximum Gasteiger partial charge on any atom is 0.261 e. The third kappa shape index (κ3) is 2.42. The summed E-state index contributed by atoms with van der Waals surface area (Å²) in [6, 6.07) is 3.39. The Labute approximate surface area is 103 Å². The second-order valence-electron chi connectivity index (χ2n) is 3.74. The number of nitrogens with zero attached hydrogens (tertiary/aromatic N) is 3. The molecule has 2 aromatic heterocycles. The van der Waals surface area contributed by atoms with Gasteiger partial charge in [0, 0.05) is 25.0 Å². The fourth-order valence-electron chi connectivity index (χ4n) is 1.60. The highest BCUT2D eigenvalue weighted by atomic mass is 32.1. The van der Waals surface area contributed by atoms with Crippen LogP contribution >= 0.6 is 12.2 Å². The molecule has 5 nitrogen and oxygen atoms in total. The first-order chi connectivity index (χ1) is 8.08. The van der Waals surface area contributed by atoms with Gasteiger partial charge in [0.2, 0.25) is 0 Å². The van der Waals surface area contributed by atoms with Crippen LogP contribution in [0.15, 0.2) is 35.5 Å². The first kappa shape index (κ1) is 11.5. The molecule has 2 aromatic rings. The number of thiocarbonyl (C=S) groups is 1. The lowest BCUT2D eigenvalue weighted by molar-refractivity contribution is 0.748. The molecule has 0 aliphatic rings. The Kier molecular flexibility index (Phi) is 3.06. The molecule has 0 unspecified atom stereocenters. The number of hydrogen-bond donors (Lipinski definition) is 1. The summed E-state index contributed by atoms with van der Waals surface area (Å²) in [7, 11) is 1.83. The van der Waals surface area contributed by atoms with E-state index in [-0.39, 0.29) is 10.5 Å². The van der Waals surface area contributed by atoms with Crippen LogP contribution in [0.25, 0.3) is 0 Å². The van der Waals surface area contributed by atoms with Crippen molar-refractivity contribution in [3.63, 3.8) is 0 Å². The van der Waals surface area contributed by atoms with Crippen LogP contribution in [0.1, 0.15) is 11.1 Å². The summed E-state index contributed by atoms with van der Waals surface area (Å²) in [4.78, 5) is 12.1. The standard InChI is InChI=1S/C11H12N4OS/c1-14-6-8(5-13-14)7-15-4-2-3-9(10(12)17)11(15)16/h2-6H,7H2,1H3,(H2,12,17). The van der Waals surface area contributed by atoms with Gasteiger partial charge in [-0.25, -0.2) is 0 Å². The fraction of sp³-hybridized carbons (Fsp3) is 0.182. The van der Waals surface area contributed by atoms with Gasteiger partial charge in [0.1, 0.15) is 4.99 Å². The van der Waals surface area contributed by atoms with Crippen molar-refractivity contribution < 1.29 is 0 Å². The Balaban J connectivity index is 2.37. The van der Waals surface area contributed by atoms with Crippen molar-refractivity contribution >= 4 is 17.2 Å². The van der Waals surface area contributed by atoms with Gasteiger partial charge in [-0.15, -0.1) is 0 Å². The van der Waals surface area contributed by atoms with Gasteiger partial charge >= 0.3 is 0 Å². The van der Waals surface area contributed by atoms with E-state index >= 15 is 0 Å². The number of aryl methyl sites for hydroxylation is 1. The van der Waals surface area contributed by atoms with Crippen molar-refractivity contribution in [1.82, 2.24) is 14.3 Å². The van der Waals surface area contributed by atoms with Crippen LogP contribution in [0.4, 0.5) is 0 Å². The normalized spacial score (nSPS) is 10.4. The average molecular weight is 248 g/mol. The maximum absolute atomic E-state index is 12.0. The zero-order chi connectivity index (χ0) is 12.4. The fourth-order valence-corrected chi connectivity index (χ4v) is 1.75. The maximum atomic E-state index is 12.0. The molecular formula is C11H12N4OS. The van der Waals surface area contributed by atoms with Crippen LogP contribution in [0.5, 0.6) is 0 Å². The molecule has 0 aliphatic heterocycles. The summed E-state index contributed by atoms with van der Waals surface area (Å²) in [6.45, 7) is 0.461. The van der Waals surface area contributed by atoms with Crippen molar-refractivity contribution in [3.8, 4) is 0 Å². The van der Waals surface area contributed by atoms with E-state index in [9.17, 15) is 4.79 Å². The lowest BCUT2D eigenvalue weighted by Crippen LogP contribution is -2.28. The van der Waals surface area contributed by atoms with E-state index in [1.807, 2.05) is 13.2 Å². The lowest BCUT2D eigenvalue weighted by Gasteiger charge is -2.05. The van der Waals surface area contributed by atoms with Gasteiger partial charge in [0.15, 0.2) is 0 Å². The molecule has 17 heavy (non-hydrogen) atoms. The Morgan fingerprint density at radius 2 is 2.35 bits per heavy atom. The summed E-state index contributed by atoms with van der Waals surface area (Å²) in [5, 5.41) is 4.05. The molecule has 0 amide bonds. The third-order valence-electron chi connectivity index (χ3n) is 2.40. The van der Waals surface area contributed by atoms with Gasteiger partial charge < -0.3 is 10.3 Å². The number of pyridine rings is 1. The zero-order valence-corrected chi connectivity index (χ0v) is 10.1. The molecule has 0 fully saturated rings. The summed E-state index contributed by atoms with van der Waals surface area (Å²) in [5.41, 5.74) is 6.63. The van der Waals surface area contributed by atoms with Crippen molar-refractivity contribution in [2.75, 3.05) is 0 Å². The van der Waals surface area contributed by atoms with E-state index in [4.69, 9.17) is 18.0 Å². The molecule has 0 bridgehead atoms. The number of rotatable bonds is 3. The molecule has 0 aliphatic carbocycles. The van der Waals surface area contributed by atoms with Crippen molar-refractivity contribution in [3.05, 3.63) is 52.2 Å². The van der Waals surface area contributed by atoms with E-state index < -0.39 is 0 Å². The molecule has 0 atom stereocenters. The smallest absolute Gasteiger partial charge is 0.261 e. The third-order valence-corrected chi connectivity index (χ3v) is 2.62. The Morgan fingerprint density at radius 1 is 1.59 bits per heavy atom. The van der Waals surface area contributed by atoms with E-state index in [1.165, 1.54) is 0 Å². The van der Waals surface area contributed by atoms with Crippen LogP contribution < -0.4 is 11.3 Å². The van der Waals surface area contributed by atoms with Gasteiger partial charge in [0.25, 0.3) is 5.56 Å². The van der Waals surface area contributed by atoms with Crippen LogP contribution in [-0.2, 0) is 13.6 Å². The monoisotopic (exact) mass is 248 g/mol. The highest BCUT2D eigenvalue weighted by Crippen LogP contribution is 2.00. The average Bonchev–Trinajstić information content (AvgIpc) is 2.67. The SMILES string of the molecule is Cn1cc(Cn2cccc(C(N)=S)c2=O)cn1. The quantitative estimate of drug-likeness (QED) is 0.792. The summed E-state index contributed by atoms with van der Waals surface area (Å²) < 4.78 is 3.25. The van der Waals surface area contributed by atoms with Crippen LogP contribution in [0, 0.1) is 0 Å². The summed E-state index contributed by atoms with van der Waals surface area (Å²) in [6.07, 6.45) is 5.29. The van der Waals surface area contributed by atoms with Gasteiger partial charge in [-0.2, -0.15) is 5.10 Å². The molecule has 2 rings (SSSR count). The van der Waals surface area contributed by atoms with Crippen LogP contribution in [0.3, 0.4) is 0 Å². The van der Waals surface area contributed by atoms with E-state index in [1.54, 1.807) is 33.8 Å². The van der Waals surface area contributed by atoms with Gasteiger partial charge in [-0.1, -0.05) is 12.2 Å². The second kappa shape index (κ2) is 4.50. The van der Waals surface area contributed by atoms with Gasteiger partial charge in [-0.3, -0.25) is 9.48 Å². The van der Waals surface area contributed by atoms with Crippen LogP contribution in [0.2, 0.25) is 0 Å². The highest BCUT2D eigenvalue weighted by Gasteiger charge is 2.06. The molecule has 0 saturated carbocycles. The molecular weight excluding hydrogens is 236 g/mol. The molecule has 2 heterocycles. The highest BCUT2D eigenvalue weighted by molar-refractivity contribution is 7.80. The Bertz CT molecular complexity index is 614. The van der Waals surface area contributed by atoms with E-state index in [2.05, 4.69) is 5.10 Å². The first-order valence-corrected chi connectivity index (χ1v) is 5.45. The van der Waals surface area contributed by atoms with Crippen molar-refractivity contribution in [1.29, 1.82) is 0 Å². The van der Waals surface area contributed by atoms with Crippen molar-refractivity contribution in [2.45, 2.75) is 6.54 Å². The molecule has 6 heteroatoms. The molecule has 0 radical (unpaired) electrons. The lowest BCUT2D eigenvalue weighted by atomic mass is 10.2. The van der Waals surface area contributed by atoms with Crippen molar-refractivity contribution in [2.24, 2.45) is 12.8 Å². The predicted molar refractivity (Wildman–Crippen MR) is 68.9 cm³/mol. The Hall–Kier alpha value is -1.95. The van der Waals surface area contributed by atoms with Crippen LogP contribution in [-0.4, -0.2) is 19.3 Å². The second-order valence-corrected chi connectivity index (χ2v) is 4.18. The first-order valence-electron chi connectivity index (χ1n) is 5.04. The number of hydrogen-bond acceptors (Lipinski definition) is 3. The zero-order valence-electron chi connectivity index (χ0n) is 9.33. The van der Waals surface area contributed by atoms with Gasteiger partial charge in [-0.05, 0) is 12.1 Å².